The van der Waals surface area contributed by atoms with Gasteiger partial charge in [-0.15, -0.1) is 0 Å². The molecular formula is C67H131NO3. The standard InChI is InChI=1S/C67H131NO3/c1-3-5-7-9-11-13-15-17-19-21-23-25-27-28-29-30-31-32-33-34-35-36-37-38-39-40-41-43-45-47-49-51-53-55-57-59-61-63-67(71)68-65(64-69)66(70)62-60-58-56-54-52-50-48-46-44-42-26-24-22-20-18-16-14-12-10-8-6-4-2/h21,23,60,62,65-66,69-70H,3-20,22,24-59,61,63-64H2,1-2H3,(H,68,71)/b23-21-,62-60+. The molecule has 0 heterocycles. The SMILES string of the molecule is CCCCCCCCCC/C=C\CCCCCCCCCCCCCCCCCCCCCCCCCCCC(=O)NC(CO)C(O)/C=C/CCCCCCCCCCCCCCCCCCCCCC. The molecule has 0 aromatic rings. The molecule has 71 heavy (non-hydrogen) atoms. The molecule has 2 unspecified atom stereocenters. The van der Waals surface area contributed by atoms with Crippen LogP contribution in [0.4, 0.5) is 0 Å². The van der Waals surface area contributed by atoms with Gasteiger partial charge in [0.1, 0.15) is 0 Å². The fourth-order valence-electron chi connectivity index (χ4n) is 10.7. The number of carbonyl (C=O) groups excluding carboxylic acids is 1. The van der Waals surface area contributed by atoms with Gasteiger partial charge in [0.2, 0.25) is 5.91 Å². The number of aliphatic hydroxyl groups excluding tert-OH is 2. The molecule has 0 rings (SSSR count). The summed E-state index contributed by atoms with van der Waals surface area (Å²) in [5.41, 5.74) is 0. The van der Waals surface area contributed by atoms with Gasteiger partial charge in [0.15, 0.2) is 0 Å². The minimum atomic E-state index is -0.837. The molecule has 0 saturated heterocycles. The molecule has 2 atom stereocenters. The van der Waals surface area contributed by atoms with Crippen molar-refractivity contribution in [2.45, 2.75) is 392 Å². The fraction of sp³-hybridized carbons (Fsp3) is 0.925. The Hall–Kier alpha value is -1.13. The van der Waals surface area contributed by atoms with Gasteiger partial charge in [-0.1, -0.05) is 353 Å². The highest BCUT2D eigenvalue weighted by Crippen LogP contribution is 2.19. The molecule has 0 radical (unpaired) electrons. The second kappa shape index (κ2) is 63.2. The Kier molecular flexibility index (Phi) is 62.2. The number of carbonyl (C=O) groups is 1. The third-order valence-corrected chi connectivity index (χ3v) is 15.7. The Morgan fingerprint density at radius 2 is 0.535 bits per heavy atom. The van der Waals surface area contributed by atoms with E-state index in [1.54, 1.807) is 6.08 Å². The van der Waals surface area contributed by atoms with Gasteiger partial charge >= 0.3 is 0 Å². The third kappa shape index (κ3) is 59.6. The van der Waals surface area contributed by atoms with Crippen LogP contribution in [0.1, 0.15) is 380 Å². The molecule has 1 amide bonds. The summed E-state index contributed by atoms with van der Waals surface area (Å²) >= 11 is 0. The Labute approximate surface area is 447 Å². The normalized spacial score (nSPS) is 12.8. The molecule has 422 valence electrons. The maximum atomic E-state index is 12.5. The highest BCUT2D eigenvalue weighted by Gasteiger charge is 2.18. The van der Waals surface area contributed by atoms with Gasteiger partial charge in [0.05, 0.1) is 18.8 Å². The van der Waals surface area contributed by atoms with E-state index in [4.69, 9.17) is 0 Å². The first-order valence-corrected chi connectivity index (χ1v) is 33.1. The van der Waals surface area contributed by atoms with Crippen LogP contribution in [0.2, 0.25) is 0 Å². The number of rotatable bonds is 62. The molecular weight excluding hydrogens is 867 g/mol. The van der Waals surface area contributed by atoms with Crippen molar-refractivity contribution < 1.29 is 15.0 Å². The van der Waals surface area contributed by atoms with Gasteiger partial charge in [-0.2, -0.15) is 0 Å². The van der Waals surface area contributed by atoms with Crippen molar-refractivity contribution in [3.8, 4) is 0 Å². The first-order valence-electron chi connectivity index (χ1n) is 33.1. The number of hydrogen-bond donors (Lipinski definition) is 3. The predicted octanol–water partition coefficient (Wildman–Crippen LogP) is 22.2. The smallest absolute Gasteiger partial charge is 0.220 e. The zero-order chi connectivity index (χ0) is 51.3. The van der Waals surface area contributed by atoms with E-state index in [1.165, 1.54) is 334 Å². The molecule has 0 aromatic carbocycles. The van der Waals surface area contributed by atoms with Crippen LogP contribution in [-0.2, 0) is 4.79 Å². The fourth-order valence-corrected chi connectivity index (χ4v) is 10.7. The third-order valence-electron chi connectivity index (χ3n) is 15.7. The number of allylic oxidation sites excluding steroid dienone is 3. The number of unbranched alkanes of at least 4 members (excludes halogenated alkanes) is 53. The van der Waals surface area contributed by atoms with E-state index < -0.39 is 12.1 Å². The molecule has 0 saturated carbocycles. The van der Waals surface area contributed by atoms with Gasteiger partial charge in [0, 0.05) is 6.42 Å². The van der Waals surface area contributed by atoms with Gasteiger partial charge in [0.25, 0.3) is 0 Å². The van der Waals surface area contributed by atoms with E-state index in [0.29, 0.717) is 6.42 Å². The zero-order valence-electron chi connectivity index (χ0n) is 48.8. The Morgan fingerprint density at radius 3 is 0.775 bits per heavy atom. The molecule has 0 aromatic heterocycles. The van der Waals surface area contributed by atoms with Crippen LogP contribution < -0.4 is 5.32 Å². The number of nitrogens with one attached hydrogen (secondary N) is 1. The van der Waals surface area contributed by atoms with Crippen LogP contribution >= 0.6 is 0 Å². The zero-order valence-corrected chi connectivity index (χ0v) is 48.8. The lowest BCUT2D eigenvalue weighted by Crippen LogP contribution is -2.45. The van der Waals surface area contributed by atoms with Crippen molar-refractivity contribution in [1.82, 2.24) is 5.32 Å². The minimum Gasteiger partial charge on any atom is -0.394 e. The maximum Gasteiger partial charge on any atom is 0.220 e. The lowest BCUT2D eigenvalue weighted by Gasteiger charge is -2.20. The number of amides is 1. The second-order valence-electron chi connectivity index (χ2n) is 22.9. The summed E-state index contributed by atoms with van der Waals surface area (Å²) in [5, 5.41) is 23.2. The summed E-state index contributed by atoms with van der Waals surface area (Å²) in [6, 6.07) is -0.620. The van der Waals surface area contributed by atoms with Gasteiger partial charge < -0.3 is 15.5 Å². The molecule has 0 aliphatic carbocycles. The average Bonchev–Trinajstić information content (AvgIpc) is 3.37. The van der Waals surface area contributed by atoms with Gasteiger partial charge in [-0.05, 0) is 44.9 Å². The Morgan fingerprint density at radius 1 is 0.324 bits per heavy atom. The summed E-state index contributed by atoms with van der Waals surface area (Å²) in [6.45, 7) is 4.35. The molecule has 4 nitrogen and oxygen atoms in total. The van der Waals surface area contributed by atoms with Crippen molar-refractivity contribution in [2.75, 3.05) is 6.61 Å². The number of aliphatic hydroxyl groups is 2. The maximum absolute atomic E-state index is 12.5. The lowest BCUT2D eigenvalue weighted by molar-refractivity contribution is -0.123. The Bertz CT molecular complexity index is 1040. The molecule has 0 spiro atoms. The van der Waals surface area contributed by atoms with Crippen molar-refractivity contribution in [3.05, 3.63) is 24.3 Å². The highest BCUT2D eigenvalue weighted by atomic mass is 16.3. The monoisotopic (exact) mass is 998 g/mol. The average molecular weight is 999 g/mol. The first kappa shape index (κ1) is 69.9. The second-order valence-corrected chi connectivity index (χ2v) is 22.9. The summed E-state index contributed by atoms with van der Waals surface area (Å²) < 4.78 is 0. The largest absolute Gasteiger partial charge is 0.394 e. The molecule has 4 heteroatoms. The minimum absolute atomic E-state index is 0.0550. The van der Waals surface area contributed by atoms with E-state index in [9.17, 15) is 15.0 Å². The van der Waals surface area contributed by atoms with Crippen molar-refractivity contribution in [2.24, 2.45) is 0 Å². The van der Waals surface area contributed by atoms with Crippen LogP contribution in [0.5, 0.6) is 0 Å². The van der Waals surface area contributed by atoms with Crippen LogP contribution in [0.25, 0.3) is 0 Å². The lowest BCUT2D eigenvalue weighted by atomic mass is 10.0. The molecule has 0 bridgehead atoms. The van der Waals surface area contributed by atoms with Crippen molar-refractivity contribution in [1.29, 1.82) is 0 Å². The summed E-state index contributed by atoms with van der Waals surface area (Å²) in [5.74, 6) is -0.0550. The predicted molar refractivity (Wildman–Crippen MR) is 318 cm³/mol. The van der Waals surface area contributed by atoms with E-state index in [-0.39, 0.29) is 12.5 Å². The highest BCUT2D eigenvalue weighted by molar-refractivity contribution is 5.76. The van der Waals surface area contributed by atoms with Crippen LogP contribution in [0.15, 0.2) is 24.3 Å². The Balaban J connectivity index is 3.39. The van der Waals surface area contributed by atoms with E-state index >= 15 is 0 Å². The van der Waals surface area contributed by atoms with Crippen molar-refractivity contribution >= 4 is 5.91 Å². The van der Waals surface area contributed by atoms with E-state index in [1.807, 2.05) is 6.08 Å². The summed E-state index contributed by atoms with van der Waals surface area (Å²) in [7, 11) is 0. The van der Waals surface area contributed by atoms with Gasteiger partial charge in [-0.3, -0.25) is 4.79 Å². The topological polar surface area (TPSA) is 69.6 Å². The molecule has 0 aliphatic rings. The van der Waals surface area contributed by atoms with Gasteiger partial charge in [-0.25, -0.2) is 0 Å². The quantitative estimate of drug-likeness (QED) is 0.0420. The summed E-state index contributed by atoms with van der Waals surface area (Å²) in [6.07, 6.45) is 85.4. The van der Waals surface area contributed by atoms with E-state index in [0.717, 1.165) is 25.7 Å². The van der Waals surface area contributed by atoms with Crippen LogP contribution in [0.3, 0.4) is 0 Å². The molecule has 0 fully saturated rings. The molecule has 0 aliphatic heterocycles. The van der Waals surface area contributed by atoms with E-state index in [2.05, 4.69) is 31.3 Å². The summed E-state index contributed by atoms with van der Waals surface area (Å²) in [4.78, 5) is 12.5. The van der Waals surface area contributed by atoms with Crippen LogP contribution in [0, 0.1) is 0 Å². The van der Waals surface area contributed by atoms with Crippen LogP contribution in [-0.4, -0.2) is 34.9 Å². The number of hydrogen-bond acceptors (Lipinski definition) is 3. The van der Waals surface area contributed by atoms with Crippen molar-refractivity contribution in [3.63, 3.8) is 0 Å². The molecule has 3 N–H and O–H groups in total. The first-order chi connectivity index (χ1) is 35.2.